The van der Waals surface area contributed by atoms with Crippen LogP contribution in [0.1, 0.15) is 72.7 Å². The molecule has 4 heterocycles. The Hall–Kier alpha value is -3.24. The smallest absolute Gasteiger partial charge is 0.280 e. The third kappa shape index (κ3) is 4.42. The van der Waals surface area contributed by atoms with Crippen molar-refractivity contribution in [1.29, 1.82) is 0 Å². The van der Waals surface area contributed by atoms with Crippen LogP contribution in [0.15, 0.2) is 41.6 Å². The quantitative estimate of drug-likeness (QED) is 0.319. The molecule has 0 bridgehead atoms. The zero-order valence-corrected chi connectivity index (χ0v) is 20.6. The molecule has 1 saturated carbocycles. The fraction of sp³-hybridized carbons (Fsp3) is 0.385. The van der Waals surface area contributed by atoms with Crippen LogP contribution in [0.2, 0.25) is 5.02 Å². The SMILES string of the molecule is Cc1c(C(F)F)nc2c(-c3ccc(Cl)cc3F)nc([C@H]3CCO[C@@H](c4cnn(C5CC5)c4)C3)cn2c1=O. The Morgan fingerprint density at radius 2 is 1.97 bits per heavy atom. The first kappa shape index (κ1) is 24.1. The molecule has 4 aromatic rings. The maximum absolute atomic E-state index is 15.0. The number of ether oxygens (including phenoxy) is 1. The molecular weight excluding hydrogens is 507 g/mol. The fourth-order valence-electron chi connectivity index (χ4n) is 4.89. The van der Waals surface area contributed by atoms with Crippen LogP contribution < -0.4 is 5.56 Å². The van der Waals surface area contributed by atoms with Gasteiger partial charge < -0.3 is 4.74 Å². The van der Waals surface area contributed by atoms with Gasteiger partial charge in [-0.25, -0.2) is 23.1 Å². The standard InChI is InChI=1S/C26H23ClF3N5O2/c1-13-22(24(29)30)33-25-23(18-5-2-16(27)9-19(18)28)32-20(12-34(25)26(13)36)14-6-7-37-21(8-14)15-10-31-35(11-15)17-3-4-17/h2,5,9-12,14,17,21,24H,3-4,6-8H2,1H3/t14-,21+/m0/s1. The molecule has 0 N–H and O–H groups in total. The highest BCUT2D eigenvalue weighted by atomic mass is 35.5. The van der Waals surface area contributed by atoms with E-state index < -0.39 is 23.5 Å². The van der Waals surface area contributed by atoms with Gasteiger partial charge >= 0.3 is 0 Å². The molecule has 1 aromatic carbocycles. The molecule has 0 amide bonds. The second kappa shape index (κ2) is 9.25. The van der Waals surface area contributed by atoms with Crippen LogP contribution in [-0.2, 0) is 4.74 Å². The summed E-state index contributed by atoms with van der Waals surface area (Å²) in [5.74, 6) is -0.812. The largest absolute Gasteiger partial charge is 0.373 e. The molecule has 7 nitrogen and oxygen atoms in total. The highest BCUT2D eigenvalue weighted by Crippen LogP contribution is 2.40. The molecule has 2 fully saturated rings. The number of benzene rings is 1. The average Bonchev–Trinajstić information content (AvgIpc) is 3.62. The van der Waals surface area contributed by atoms with Crippen molar-refractivity contribution in [2.75, 3.05) is 6.61 Å². The lowest BCUT2D eigenvalue weighted by molar-refractivity contribution is 0.00454. The van der Waals surface area contributed by atoms with E-state index in [-0.39, 0.29) is 39.5 Å². The van der Waals surface area contributed by atoms with E-state index in [4.69, 9.17) is 21.3 Å². The van der Waals surface area contributed by atoms with Crippen LogP contribution in [0.3, 0.4) is 0 Å². The molecule has 6 rings (SSSR count). The van der Waals surface area contributed by atoms with Crippen molar-refractivity contribution in [3.05, 3.63) is 80.5 Å². The lowest BCUT2D eigenvalue weighted by Crippen LogP contribution is -2.24. The number of hydrogen-bond donors (Lipinski definition) is 0. The van der Waals surface area contributed by atoms with Crippen molar-refractivity contribution in [2.24, 2.45) is 0 Å². The van der Waals surface area contributed by atoms with E-state index in [2.05, 4.69) is 10.1 Å². The normalized spacial score (nSPS) is 20.2. The summed E-state index contributed by atoms with van der Waals surface area (Å²) in [6.07, 6.45) is 5.63. The average molecular weight is 530 g/mol. The van der Waals surface area contributed by atoms with Gasteiger partial charge in [0.1, 0.15) is 17.2 Å². The number of aromatic nitrogens is 5. The predicted molar refractivity (Wildman–Crippen MR) is 131 cm³/mol. The van der Waals surface area contributed by atoms with E-state index in [1.807, 2.05) is 17.1 Å². The minimum atomic E-state index is -2.96. The van der Waals surface area contributed by atoms with Gasteiger partial charge in [0.15, 0.2) is 5.65 Å². The fourth-order valence-corrected chi connectivity index (χ4v) is 5.05. The van der Waals surface area contributed by atoms with Crippen LogP contribution in [0.4, 0.5) is 13.2 Å². The highest BCUT2D eigenvalue weighted by Gasteiger charge is 2.31. The van der Waals surface area contributed by atoms with Gasteiger partial charge in [0, 0.05) is 46.6 Å². The molecule has 2 atom stereocenters. The van der Waals surface area contributed by atoms with E-state index in [0.29, 0.717) is 31.2 Å². The topological polar surface area (TPSA) is 74.3 Å². The lowest BCUT2D eigenvalue weighted by Gasteiger charge is -2.29. The van der Waals surface area contributed by atoms with Crippen LogP contribution in [-0.4, -0.2) is 30.8 Å². The highest BCUT2D eigenvalue weighted by molar-refractivity contribution is 6.30. The van der Waals surface area contributed by atoms with Crippen LogP contribution in [0, 0.1) is 12.7 Å². The van der Waals surface area contributed by atoms with Gasteiger partial charge in [-0.15, -0.1) is 0 Å². The lowest BCUT2D eigenvalue weighted by atomic mass is 9.90. The molecule has 1 saturated heterocycles. The molecule has 0 radical (unpaired) electrons. The predicted octanol–water partition coefficient (Wildman–Crippen LogP) is 5.96. The second-order valence-electron chi connectivity index (χ2n) is 9.63. The van der Waals surface area contributed by atoms with Crippen molar-refractivity contribution >= 4 is 17.2 Å². The minimum absolute atomic E-state index is 0.00950. The van der Waals surface area contributed by atoms with Gasteiger partial charge in [-0.05, 0) is 50.8 Å². The Morgan fingerprint density at radius 3 is 2.70 bits per heavy atom. The monoisotopic (exact) mass is 529 g/mol. The first-order valence-electron chi connectivity index (χ1n) is 12.1. The molecular formula is C26H23ClF3N5O2. The van der Waals surface area contributed by atoms with Crippen LogP contribution in [0.25, 0.3) is 16.9 Å². The summed E-state index contributed by atoms with van der Waals surface area (Å²) in [4.78, 5) is 21.9. The number of nitrogens with zero attached hydrogens (tertiary/aromatic N) is 5. The Kier molecular flexibility index (Phi) is 6.03. The number of hydrogen-bond acceptors (Lipinski definition) is 5. The van der Waals surface area contributed by atoms with Crippen molar-refractivity contribution in [3.63, 3.8) is 0 Å². The van der Waals surface area contributed by atoms with Gasteiger partial charge in [-0.1, -0.05) is 11.6 Å². The summed E-state index contributed by atoms with van der Waals surface area (Å²) in [6.45, 7) is 1.78. The Balaban J connectivity index is 1.47. The zero-order valence-electron chi connectivity index (χ0n) is 19.9. The van der Waals surface area contributed by atoms with Gasteiger partial charge in [0.2, 0.25) is 0 Å². The van der Waals surface area contributed by atoms with Crippen molar-refractivity contribution < 1.29 is 17.9 Å². The summed E-state index contributed by atoms with van der Waals surface area (Å²) in [6, 6.07) is 4.46. The Bertz CT molecular complexity index is 1570. The van der Waals surface area contributed by atoms with Gasteiger partial charge in [0.25, 0.3) is 12.0 Å². The Morgan fingerprint density at radius 1 is 1.16 bits per heavy atom. The molecule has 11 heteroatoms. The van der Waals surface area contributed by atoms with Gasteiger partial charge in [-0.2, -0.15) is 5.10 Å². The molecule has 0 spiro atoms. The summed E-state index contributed by atoms with van der Waals surface area (Å²) in [7, 11) is 0. The summed E-state index contributed by atoms with van der Waals surface area (Å²) >= 11 is 5.94. The molecule has 0 unspecified atom stereocenters. The third-order valence-corrected chi connectivity index (χ3v) is 7.34. The van der Waals surface area contributed by atoms with E-state index in [9.17, 15) is 13.6 Å². The molecule has 1 aliphatic heterocycles. The van der Waals surface area contributed by atoms with Gasteiger partial charge in [0.05, 0.1) is 24.0 Å². The number of rotatable bonds is 5. The number of halogens is 4. The summed E-state index contributed by atoms with van der Waals surface area (Å²) in [5.41, 5.74) is -0.0488. The minimum Gasteiger partial charge on any atom is -0.373 e. The molecule has 2 aliphatic rings. The second-order valence-corrected chi connectivity index (χ2v) is 10.1. The van der Waals surface area contributed by atoms with Crippen molar-refractivity contribution in [3.8, 4) is 11.3 Å². The Labute approximate surface area is 214 Å². The number of fused-ring (bicyclic) bond motifs is 1. The first-order valence-corrected chi connectivity index (χ1v) is 12.5. The third-order valence-electron chi connectivity index (χ3n) is 7.10. The molecule has 192 valence electrons. The molecule has 37 heavy (non-hydrogen) atoms. The van der Waals surface area contributed by atoms with E-state index in [1.54, 1.807) is 0 Å². The van der Waals surface area contributed by atoms with E-state index in [1.165, 1.54) is 29.7 Å². The maximum atomic E-state index is 15.0. The molecule has 3 aromatic heterocycles. The zero-order chi connectivity index (χ0) is 25.8. The number of alkyl halides is 2. The van der Waals surface area contributed by atoms with Crippen molar-refractivity contribution in [2.45, 2.75) is 57.1 Å². The molecule has 1 aliphatic carbocycles. The maximum Gasteiger partial charge on any atom is 0.280 e. The van der Waals surface area contributed by atoms with Gasteiger partial charge in [-0.3, -0.25) is 13.9 Å². The van der Waals surface area contributed by atoms with Crippen LogP contribution >= 0.6 is 11.6 Å². The summed E-state index contributed by atoms with van der Waals surface area (Å²) in [5, 5.41) is 4.64. The van der Waals surface area contributed by atoms with E-state index in [0.717, 1.165) is 24.5 Å². The van der Waals surface area contributed by atoms with E-state index >= 15 is 4.39 Å². The summed E-state index contributed by atoms with van der Waals surface area (Å²) < 4.78 is 51.6. The first-order chi connectivity index (χ1) is 17.8. The van der Waals surface area contributed by atoms with Crippen LogP contribution in [0.5, 0.6) is 0 Å². The van der Waals surface area contributed by atoms with Crippen molar-refractivity contribution in [1.82, 2.24) is 24.1 Å².